The zero-order valence-electron chi connectivity index (χ0n) is 9.30. The largest absolute Gasteiger partial charge is 0.310 e. The van der Waals surface area contributed by atoms with Crippen molar-refractivity contribution in [2.45, 2.75) is 45.7 Å². The van der Waals surface area contributed by atoms with E-state index in [1.807, 2.05) is 0 Å². The van der Waals surface area contributed by atoms with Crippen molar-refractivity contribution >= 4 is 0 Å². The normalized spacial score (nSPS) is 21.0. The van der Waals surface area contributed by atoms with E-state index in [9.17, 15) is 0 Å². The fourth-order valence-electron chi connectivity index (χ4n) is 2.27. The molecule has 0 aliphatic carbocycles. The summed E-state index contributed by atoms with van der Waals surface area (Å²) in [6.45, 7) is 7.86. The monoisotopic (exact) mass is 189 g/mol. The molecule has 0 fully saturated rings. The van der Waals surface area contributed by atoms with Gasteiger partial charge in [-0.3, -0.25) is 0 Å². The first-order valence-electron chi connectivity index (χ1n) is 5.52. The average Bonchev–Trinajstić information content (AvgIpc) is 2.16. The van der Waals surface area contributed by atoms with E-state index in [0.717, 1.165) is 6.54 Å². The van der Waals surface area contributed by atoms with Crippen LogP contribution in [-0.4, -0.2) is 6.04 Å². The number of hydrogen-bond donors (Lipinski definition) is 1. The van der Waals surface area contributed by atoms with Crippen LogP contribution in [0.25, 0.3) is 0 Å². The third-order valence-corrected chi connectivity index (χ3v) is 3.08. The first kappa shape index (κ1) is 9.72. The van der Waals surface area contributed by atoms with Gasteiger partial charge in [0.05, 0.1) is 0 Å². The van der Waals surface area contributed by atoms with E-state index in [4.69, 9.17) is 0 Å². The lowest BCUT2D eigenvalue weighted by Gasteiger charge is -2.26. The van der Waals surface area contributed by atoms with Gasteiger partial charge in [-0.2, -0.15) is 0 Å². The van der Waals surface area contributed by atoms with Crippen LogP contribution < -0.4 is 5.32 Å². The molecule has 1 aromatic rings. The quantitative estimate of drug-likeness (QED) is 0.716. The van der Waals surface area contributed by atoms with Crippen molar-refractivity contribution in [3.8, 4) is 0 Å². The summed E-state index contributed by atoms with van der Waals surface area (Å²) in [4.78, 5) is 0. The molecule has 0 radical (unpaired) electrons. The first-order valence-corrected chi connectivity index (χ1v) is 5.52. The van der Waals surface area contributed by atoms with Crippen LogP contribution >= 0.6 is 0 Å². The van der Waals surface area contributed by atoms with Crippen LogP contribution in [0.2, 0.25) is 0 Å². The summed E-state index contributed by atoms with van der Waals surface area (Å²) >= 11 is 0. The smallest absolute Gasteiger partial charge is 0.0210 e. The molecule has 1 aliphatic heterocycles. The molecule has 0 bridgehead atoms. The average molecular weight is 189 g/mol. The van der Waals surface area contributed by atoms with Gasteiger partial charge in [0, 0.05) is 12.6 Å². The van der Waals surface area contributed by atoms with Crippen molar-refractivity contribution in [1.29, 1.82) is 0 Å². The highest BCUT2D eigenvalue weighted by Gasteiger charge is 2.17. The molecule has 1 heterocycles. The van der Waals surface area contributed by atoms with Crippen molar-refractivity contribution < 1.29 is 0 Å². The van der Waals surface area contributed by atoms with Crippen LogP contribution in [0.5, 0.6) is 0 Å². The Hall–Kier alpha value is -0.820. The Labute approximate surface area is 86.5 Å². The Morgan fingerprint density at radius 1 is 1.36 bits per heavy atom. The molecular formula is C13H19N. The number of nitrogens with one attached hydrogen (secondary N) is 1. The summed E-state index contributed by atoms with van der Waals surface area (Å²) < 4.78 is 0. The highest BCUT2D eigenvalue weighted by atomic mass is 14.9. The molecule has 0 saturated carbocycles. The van der Waals surface area contributed by atoms with E-state index in [-0.39, 0.29) is 0 Å². The second kappa shape index (κ2) is 3.74. The molecule has 0 saturated heterocycles. The van der Waals surface area contributed by atoms with Gasteiger partial charge in [-0.05, 0) is 36.0 Å². The first-order chi connectivity index (χ1) is 6.68. The maximum atomic E-state index is 3.50. The topological polar surface area (TPSA) is 12.0 Å². The van der Waals surface area contributed by atoms with E-state index < -0.39 is 0 Å². The third-order valence-electron chi connectivity index (χ3n) is 3.08. The zero-order valence-corrected chi connectivity index (χ0v) is 9.30. The molecule has 1 N–H and O–H groups in total. The fourth-order valence-corrected chi connectivity index (χ4v) is 2.27. The summed E-state index contributed by atoms with van der Waals surface area (Å²) in [5, 5.41) is 3.50. The molecule has 0 aromatic heterocycles. The van der Waals surface area contributed by atoms with Gasteiger partial charge in [-0.25, -0.2) is 0 Å². The van der Waals surface area contributed by atoms with Gasteiger partial charge >= 0.3 is 0 Å². The molecule has 1 nitrogen and oxygen atoms in total. The molecule has 76 valence electrons. The van der Waals surface area contributed by atoms with Gasteiger partial charge in [-0.15, -0.1) is 0 Å². The fraction of sp³-hybridized carbons (Fsp3) is 0.538. The third kappa shape index (κ3) is 1.69. The van der Waals surface area contributed by atoms with Gasteiger partial charge in [0.15, 0.2) is 0 Å². The van der Waals surface area contributed by atoms with Gasteiger partial charge in [0.2, 0.25) is 0 Å². The molecule has 1 heteroatoms. The molecule has 0 amide bonds. The van der Waals surface area contributed by atoms with Crippen molar-refractivity contribution in [2.24, 2.45) is 0 Å². The predicted molar refractivity (Wildman–Crippen MR) is 60.5 cm³/mol. The zero-order chi connectivity index (χ0) is 10.1. The molecule has 14 heavy (non-hydrogen) atoms. The number of benzene rings is 1. The summed E-state index contributed by atoms with van der Waals surface area (Å²) in [6, 6.07) is 7.34. The van der Waals surface area contributed by atoms with E-state index in [1.165, 1.54) is 17.5 Å². The summed E-state index contributed by atoms with van der Waals surface area (Å²) in [5.74, 6) is 0.648. The summed E-state index contributed by atoms with van der Waals surface area (Å²) in [6.07, 6.45) is 1.18. The minimum absolute atomic E-state index is 0.627. The van der Waals surface area contributed by atoms with E-state index >= 15 is 0 Å². The lowest BCUT2D eigenvalue weighted by molar-refractivity contribution is 0.509. The Balaban J connectivity index is 2.43. The molecule has 1 atom stereocenters. The molecule has 1 unspecified atom stereocenters. The van der Waals surface area contributed by atoms with Crippen LogP contribution in [0.3, 0.4) is 0 Å². The van der Waals surface area contributed by atoms with Gasteiger partial charge < -0.3 is 5.32 Å². The Morgan fingerprint density at radius 3 is 2.86 bits per heavy atom. The van der Waals surface area contributed by atoms with Crippen LogP contribution in [0.1, 0.15) is 43.4 Å². The highest BCUT2D eigenvalue weighted by molar-refractivity contribution is 5.39. The Bertz CT molecular complexity index is 328. The van der Waals surface area contributed by atoms with Crippen molar-refractivity contribution in [3.63, 3.8) is 0 Å². The second-order valence-corrected chi connectivity index (χ2v) is 4.63. The lowest BCUT2D eigenvalue weighted by Crippen LogP contribution is -2.33. The van der Waals surface area contributed by atoms with Gasteiger partial charge in [0.25, 0.3) is 0 Å². The Kier molecular flexibility index (Phi) is 2.60. The van der Waals surface area contributed by atoms with Crippen molar-refractivity contribution in [3.05, 3.63) is 34.9 Å². The highest BCUT2D eigenvalue weighted by Crippen LogP contribution is 2.26. The van der Waals surface area contributed by atoms with Crippen LogP contribution in [0.15, 0.2) is 18.2 Å². The van der Waals surface area contributed by atoms with Gasteiger partial charge in [0.1, 0.15) is 0 Å². The Morgan fingerprint density at radius 2 is 2.14 bits per heavy atom. The second-order valence-electron chi connectivity index (χ2n) is 4.63. The standard InChI is InChI=1S/C13H19N/c1-9(2)12-6-4-5-11-8-14-10(3)7-13(11)12/h4-6,9-10,14H,7-8H2,1-3H3. The maximum Gasteiger partial charge on any atom is 0.0210 e. The molecule has 1 aromatic carbocycles. The molecule has 2 rings (SSSR count). The maximum absolute atomic E-state index is 3.50. The van der Waals surface area contributed by atoms with Gasteiger partial charge in [-0.1, -0.05) is 32.0 Å². The SMILES string of the molecule is CC1Cc2c(cccc2C(C)C)CN1. The molecule has 1 aliphatic rings. The molecular weight excluding hydrogens is 170 g/mol. The summed E-state index contributed by atoms with van der Waals surface area (Å²) in [7, 11) is 0. The number of hydrogen-bond acceptors (Lipinski definition) is 1. The van der Waals surface area contributed by atoms with E-state index in [0.29, 0.717) is 12.0 Å². The van der Waals surface area contributed by atoms with Crippen LogP contribution in [0, 0.1) is 0 Å². The van der Waals surface area contributed by atoms with Crippen molar-refractivity contribution in [1.82, 2.24) is 5.32 Å². The number of rotatable bonds is 1. The molecule has 0 spiro atoms. The minimum atomic E-state index is 0.627. The van der Waals surface area contributed by atoms with E-state index in [1.54, 1.807) is 5.56 Å². The summed E-state index contributed by atoms with van der Waals surface area (Å²) in [5.41, 5.74) is 4.62. The van der Waals surface area contributed by atoms with E-state index in [2.05, 4.69) is 44.3 Å². The predicted octanol–water partition coefficient (Wildman–Crippen LogP) is 2.84. The number of fused-ring (bicyclic) bond motifs is 1. The van der Waals surface area contributed by atoms with Crippen molar-refractivity contribution in [2.75, 3.05) is 0 Å². The van der Waals surface area contributed by atoms with Crippen LogP contribution in [-0.2, 0) is 13.0 Å². The minimum Gasteiger partial charge on any atom is -0.310 e. The van der Waals surface area contributed by atoms with Crippen LogP contribution in [0.4, 0.5) is 0 Å². The lowest BCUT2D eigenvalue weighted by atomic mass is 9.87.